The molecular formula is C23H23N3O3S. The summed E-state index contributed by atoms with van der Waals surface area (Å²) in [7, 11) is 1.38. The fourth-order valence-corrected chi connectivity index (χ4v) is 3.80. The fraction of sp³-hybridized carbons (Fsp3) is 0.261. The summed E-state index contributed by atoms with van der Waals surface area (Å²) in [4.78, 5) is 14.8. The van der Waals surface area contributed by atoms with Crippen LogP contribution in [-0.4, -0.2) is 24.8 Å². The predicted octanol–water partition coefficient (Wildman–Crippen LogP) is 4.25. The van der Waals surface area contributed by atoms with E-state index in [4.69, 9.17) is 27.0 Å². The van der Waals surface area contributed by atoms with Crippen LogP contribution in [0.4, 0.5) is 5.69 Å². The molecule has 1 aliphatic rings. The molecule has 1 N–H and O–H groups in total. The van der Waals surface area contributed by atoms with Gasteiger partial charge in [0, 0.05) is 11.4 Å². The molecule has 0 saturated heterocycles. The van der Waals surface area contributed by atoms with Crippen LogP contribution in [0, 0.1) is 11.3 Å². The van der Waals surface area contributed by atoms with Crippen LogP contribution < -0.4 is 15.0 Å². The molecule has 7 heteroatoms. The molecule has 0 aromatic heterocycles. The topological polar surface area (TPSA) is 74.6 Å². The summed E-state index contributed by atoms with van der Waals surface area (Å²) in [5, 5.41) is 12.5. The Balaban J connectivity index is 2.09. The molecule has 0 fully saturated rings. The number of allylic oxidation sites excluding steroid dienone is 1. The second-order valence-electron chi connectivity index (χ2n) is 6.67. The van der Waals surface area contributed by atoms with E-state index in [9.17, 15) is 4.79 Å². The van der Waals surface area contributed by atoms with Gasteiger partial charge >= 0.3 is 5.97 Å². The van der Waals surface area contributed by atoms with Crippen LogP contribution in [0.5, 0.6) is 5.75 Å². The Kier molecular flexibility index (Phi) is 7.04. The number of para-hydroxylation sites is 1. The Morgan fingerprint density at radius 2 is 1.90 bits per heavy atom. The average Bonchev–Trinajstić information content (AvgIpc) is 2.78. The number of nitrogens with zero attached hydrogens (tertiary/aromatic N) is 2. The van der Waals surface area contributed by atoms with Crippen molar-refractivity contribution in [1.29, 1.82) is 5.26 Å². The van der Waals surface area contributed by atoms with Gasteiger partial charge in [-0.05, 0) is 48.5 Å². The molecule has 0 amide bonds. The van der Waals surface area contributed by atoms with Crippen molar-refractivity contribution in [2.24, 2.45) is 0 Å². The van der Waals surface area contributed by atoms with Crippen LogP contribution in [-0.2, 0) is 9.53 Å². The monoisotopic (exact) mass is 421 g/mol. The normalized spacial score (nSPS) is 16.0. The molecule has 0 spiro atoms. The number of benzene rings is 2. The number of rotatable bonds is 7. The van der Waals surface area contributed by atoms with Gasteiger partial charge in [0.25, 0.3) is 0 Å². The van der Waals surface area contributed by atoms with E-state index in [1.54, 1.807) is 12.1 Å². The minimum atomic E-state index is -0.448. The maximum atomic E-state index is 12.9. The van der Waals surface area contributed by atoms with E-state index in [0.29, 0.717) is 22.9 Å². The minimum absolute atomic E-state index is 0.0227. The van der Waals surface area contributed by atoms with Crippen molar-refractivity contribution in [2.45, 2.75) is 25.8 Å². The van der Waals surface area contributed by atoms with Gasteiger partial charge in [-0.15, -0.1) is 0 Å². The number of nitriles is 1. The summed E-state index contributed by atoms with van der Waals surface area (Å²) in [6.45, 7) is 2.04. The third-order valence-electron chi connectivity index (χ3n) is 4.76. The number of carbonyl (C=O) groups is 1. The number of hydrogen-bond donors (Lipinski definition) is 1. The first-order valence-corrected chi connectivity index (χ1v) is 10.1. The Bertz CT molecular complexity index is 981. The van der Waals surface area contributed by atoms with Gasteiger partial charge in [-0.1, -0.05) is 43.7 Å². The Morgan fingerprint density at radius 1 is 1.20 bits per heavy atom. The van der Waals surface area contributed by atoms with Gasteiger partial charge in [-0.25, -0.2) is 4.79 Å². The summed E-state index contributed by atoms with van der Waals surface area (Å²) >= 11 is 5.70. The predicted molar refractivity (Wildman–Crippen MR) is 119 cm³/mol. The van der Waals surface area contributed by atoms with Gasteiger partial charge in [-0.2, -0.15) is 5.26 Å². The van der Waals surface area contributed by atoms with E-state index < -0.39 is 12.0 Å². The van der Waals surface area contributed by atoms with Crippen LogP contribution in [0.1, 0.15) is 31.4 Å². The first-order chi connectivity index (χ1) is 14.6. The molecule has 3 rings (SSSR count). The third-order valence-corrected chi connectivity index (χ3v) is 5.06. The molecule has 6 nitrogen and oxygen atoms in total. The number of anilines is 1. The summed E-state index contributed by atoms with van der Waals surface area (Å²) in [6.07, 6.45) is 1.51. The molecule has 1 atom stereocenters. The zero-order chi connectivity index (χ0) is 21.5. The molecule has 154 valence electrons. The van der Waals surface area contributed by atoms with E-state index in [0.717, 1.165) is 23.4 Å². The van der Waals surface area contributed by atoms with Crippen molar-refractivity contribution in [1.82, 2.24) is 5.32 Å². The van der Waals surface area contributed by atoms with Crippen LogP contribution in [0.2, 0.25) is 0 Å². The van der Waals surface area contributed by atoms with E-state index in [1.807, 2.05) is 53.4 Å². The highest BCUT2D eigenvalue weighted by atomic mass is 32.1. The second-order valence-corrected chi connectivity index (χ2v) is 7.06. The van der Waals surface area contributed by atoms with Crippen molar-refractivity contribution in [3.8, 4) is 11.8 Å². The smallest absolute Gasteiger partial charge is 0.337 e. The third kappa shape index (κ3) is 4.44. The van der Waals surface area contributed by atoms with Gasteiger partial charge in [0.15, 0.2) is 11.7 Å². The number of ether oxygens (including phenoxy) is 2. The molecule has 0 radical (unpaired) electrons. The Morgan fingerprint density at radius 3 is 2.50 bits per heavy atom. The number of carbonyl (C=O) groups excluding carboxylic acids is 1. The number of hydrogen-bond acceptors (Lipinski definition) is 5. The van der Waals surface area contributed by atoms with Crippen LogP contribution in [0.15, 0.2) is 65.9 Å². The lowest BCUT2D eigenvalue weighted by molar-refractivity contribution is -0.136. The molecule has 2 aromatic carbocycles. The fourth-order valence-electron chi connectivity index (χ4n) is 3.47. The van der Waals surface area contributed by atoms with Crippen molar-refractivity contribution in [3.05, 3.63) is 71.4 Å². The highest BCUT2D eigenvalue weighted by Crippen LogP contribution is 2.36. The highest BCUT2D eigenvalue weighted by Gasteiger charge is 2.36. The molecule has 30 heavy (non-hydrogen) atoms. The Labute approximate surface area is 181 Å². The summed E-state index contributed by atoms with van der Waals surface area (Å²) in [6, 6.07) is 18.5. The molecular weight excluding hydrogens is 398 g/mol. The molecule has 2 aromatic rings. The quantitative estimate of drug-likeness (QED) is 0.529. The largest absolute Gasteiger partial charge is 0.479 e. The van der Waals surface area contributed by atoms with E-state index in [-0.39, 0.29) is 6.61 Å². The average molecular weight is 422 g/mol. The zero-order valence-electron chi connectivity index (χ0n) is 16.9. The van der Waals surface area contributed by atoms with Gasteiger partial charge in [-0.3, -0.25) is 4.90 Å². The van der Waals surface area contributed by atoms with Crippen molar-refractivity contribution < 1.29 is 14.3 Å². The Hall–Kier alpha value is -3.37. The maximum Gasteiger partial charge on any atom is 0.337 e. The van der Waals surface area contributed by atoms with Crippen molar-refractivity contribution >= 4 is 29.0 Å². The van der Waals surface area contributed by atoms with Crippen LogP contribution in [0.3, 0.4) is 0 Å². The maximum absolute atomic E-state index is 12.9. The number of esters is 1. The zero-order valence-corrected chi connectivity index (χ0v) is 17.7. The van der Waals surface area contributed by atoms with Gasteiger partial charge in [0.05, 0.1) is 18.7 Å². The van der Waals surface area contributed by atoms with Gasteiger partial charge in [0.2, 0.25) is 0 Å². The minimum Gasteiger partial charge on any atom is -0.479 e. The van der Waals surface area contributed by atoms with Crippen LogP contribution >= 0.6 is 12.2 Å². The molecule has 1 heterocycles. The van der Waals surface area contributed by atoms with E-state index >= 15 is 0 Å². The highest BCUT2D eigenvalue weighted by molar-refractivity contribution is 7.80. The molecule has 0 unspecified atom stereocenters. The first-order valence-electron chi connectivity index (χ1n) is 9.67. The van der Waals surface area contributed by atoms with Crippen molar-refractivity contribution in [3.63, 3.8) is 0 Å². The van der Waals surface area contributed by atoms with Crippen LogP contribution in [0.25, 0.3) is 0 Å². The van der Waals surface area contributed by atoms with E-state index in [2.05, 4.69) is 12.2 Å². The lowest BCUT2D eigenvalue weighted by Gasteiger charge is -2.38. The molecule has 0 bridgehead atoms. The first kappa shape index (κ1) is 21.3. The number of thiocarbonyl (C=S) groups is 1. The lowest BCUT2D eigenvalue weighted by Crippen LogP contribution is -2.48. The summed E-state index contributed by atoms with van der Waals surface area (Å²) < 4.78 is 10.5. The summed E-state index contributed by atoms with van der Waals surface area (Å²) in [5.74, 6) is 0.186. The standard InChI is InChI=1S/C23H23N3O3S/c1-3-7-19-20(22(27)28-2)21(16-10-12-18(13-11-16)29-15-14-24)25-23(30)26(19)17-8-5-4-6-9-17/h4-6,8-13,21H,3,7,15H2,1-2H3,(H,25,30)/t21-/m0/s1. The van der Waals surface area contributed by atoms with Gasteiger partial charge in [0.1, 0.15) is 11.8 Å². The molecule has 1 aliphatic heterocycles. The molecule has 0 aliphatic carbocycles. The van der Waals surface area contributed by atoms with Gasteiger partial charge < -0.3 is 14.8 Å². The number of methoxy groups -OCH3 is 1. The molecule has 0 saturated carbocycles. The van der Waals surface area contributed by atoms with Crippen molar-refractivity contribution in [2.75, 3.05) is 18.6 Å². The lowest BCUT2D eigenvalue weighted by atomic mass is 9.92. The number of nitrogens with one attached hydrogen (secondary N) is 1. The summed E-state index contributed by atoms with van der Waals surface area (Å²) in [5.41, 5.74) is 3.10. The van der Waals surface area contributed by atoms with E-state index in [1.165, 1.54) is 7.11 Å². The second kappa shape index (κ2) is 9.90. The SMILES string of the molecule is CCCC1=C(C(=O)OC)[C@H](c2ccc(OCC#N)cc2)NC(=S)N1c1ccccc1.